The first-order valence-corrected chi connectivity index (χ1v) is 11.7. The maximum Gasteiger partial charge on any atom is 0.315 e. The molecule has 2 aromatic rings. The number of benzene rings is 1. The molecule has 0 saturated carbocycles. The number of nitrogens with zero attached hydrogens (tertiary/aromatic N) is 1. The summed E-state index contributed by atoms with van der Waals surface area (Å²) in [7, 11) is 0. The molecule has 1 aliphatic rings. The van der Waals surface area contributed by atoms with E-state index in [0.717, 1.165) is 31.5 Å². The number of hydrogen-bond acceptors (Lipinski definition) is 4. The predicted octanol–water partition coefficient (Wildman–Crippen LogP) is 3.42. The van der Waals surface area contributed by atoms with Crippen LogP contribution in [0.1, 0.15) is 42.7 Å². The molecule has 2 atom stereocenters. The molecule has 3 amide bonds. The second-order valence-electron chi connectivity index (χ2n) is 7.98. The van der Waals surface area contributed by atoms with Crippen LogP contribution < -0.4 is 16.0 Å². The van der Waals surface area contributed by atoms with Gasteiger partial charge in [-0.3, -0.25) is 9.69 Å². The van der Waals surface area contributed by atoms with Gasteiger partial charge in [-0.15, -0.1) is 11.3 Å². The van der Waals surface area contributed by atoms with Gasteiger partial charge in [-0.05, 0) is 54.5 Å². The van der Waals surface area contributed by atoms with Gasteiger partial charge in [-0.2, -0.15) is 0 Å². The molecule has 3 rings (SSSR count). The van der Waals surface area contributed by atoms with Crippen LogP contribution in [0.15, 0.2) is 35.7 Å². The summed E-state index contributed by atoms with van der Waals surface area (Å²) in [6.45, 7) is 6.81. The van der Waals surface area contributed by atoms with E-state index < -0.39 is 12.1 Å². The summed E-state index contributed by atoms with van der Waals surface area (Å²) in [5.41, 5.74) is 2.18. The Morgan fingerprint density at radius 2 is 1.97 bits per heavy atom. The molecule has 0 fully saturated rings. The number of nitrogens with one attached hydrogen (secondary N) is 3. The van der Waals surface area contributed by atoms with Gasteiger partial charge < -0.3 is 16.0 Å². The summed E-state index contributed by atoms with van der Waals surface area (Å²) < 4.78 is 13.0. The minimum Gasteiger partial charge on any atom is -0.353 e. The minimum absolute atomic E-state index is 0.168. The van der Waals surface area contributed by atoms with Crippen molar-refractivity contribution in [3.63, 3.8) is 0 Å². The molecule has 0 aliphatic carbocycles. The lowest BCUT2D eigenvalue weighted by Crippen LogP contribution is -2.52. The molecular weight excluding hydrogens is 415 g/mol. The van der Waals surface area contributed by atoms with Gasteiger partial charge in [0, 0.05) is 37.1 Å². The number of rotatable bonds is 9. The number of carbonyl (C=O) groups is 2. The number of halogens is 1. The smallest absolute Gasteiger partial charge is 0.315 e. The third-order valence-electron chi connectivity index (χ3n) is 5.60. The van der Waals surface area contributed by atoms with E-state index >= 15 is 0 Å². The molecule has 2 heterocycles. The zero-order valence-electron chi connectivity index (χ0n) is 18.1. The van der Waals surface area contributed by atoms with Crippen LogP contribution in [-0.4, -0.2) is 42.0 Å². The lowest BCUT2D eigenvalue weighted by atomic mass is 10.1. The molecule has 2 unspecified atom stereocenters. The van der Waals surface area contributed by atoms with E-state index in [2.05, 4.69) is 39.2 Å². The highest BCUT2D eigenvalue weighted by Gasteiger charge is 2.24. The van der Waals surface area contributed by atoms with E-state index in [9.17, 15) is 14.0 Å². The first kappa shape index (κ1) is 23.2. The van der Waals surface area contributed by atoms with Crippen LogP contribution in [0.4, 0.5) is 9.18 Å². The Balaban J connectivity index is 1.44. The van der Waals surface area contributed by atoms with Gasteiger partial charge in [0.05, 0.1) is 0 Å². The zero-order valence-corrected chi connectivity index (χ0v) is 18.9. The minimum atomic E-state index is -0.588. The largest absolute Gasteiger partial charge is 0.353 e. The Labute approximate surface area is 187 Å². The molecular formula is C23H31FN4O2S. The lowest BCUT2D eigenvalue weighted by molar-refractivity contribution is -0.123. The quantitative estimate of drug-likeness (QED) is 0.553. The Hall–Kier alpha value is -2.45. The highest BCUT2D eigenvalue weighted by atomic mass is 32.1. The third-order valence-corrected chi connectivity index (χ3v) is 6.62. The van der Waals surface area contributed by atoms with E-state index in [-0.39, 0.29) is 24.3 Å². The standard InChI is InChI=1S/C23H31FN4O2S/c1-3-4-20(27-23(30)26-14-17-5-7-19(24)8-6-17)22(29)25-13-16(2)28-11-9-21-18(15-28)10-12-31-21/h5-8,10,12,16,20H,3-4,9,11,13-15H2,1-2H3,(H,25,29)(H2,26,27,30). The van der Waals surface area contributed by atoms with Gasteiger partial charge in [0.15, 0.2) is 0 Å². The van der Waals surface area contributed by atoms with Crippen molar-refractivity contribution in [3.8, 4) is 0 Å². The molecule has 1 aromatic heterocycles. The summed E-state index contributed by atoms with van der Waals surface area (Å²) >= 11 is 1.82. The molecule has 31 heavy (non-hydrogen) atoms. The van der Waals surface area contributed by atoms with Crippen molar-refractivity contribution in [2.24, 2.45) is 0 Å². The van der Waals surface area contributed by atoms with Crippen molar-refractivity contribution in [2.75, 3.05) is 13.1 Å². The van der Waals surface area contributed by atoms with E-state index in [0.29, 0.717) is 13.0 Å². The van der Waals surface area contributed by atoms with Gasteiger partial charge >= 0.3 is 6.03 Å². The topological polar surface area (TPSA) is 73.5 Å². The van der Waals surface area contributed by atoms with Crippen molar-refractivity contribution >= 4 is 23.3 Å². The molecule has 3 N–H and O–H groups in total. The Bertz CT molecular complexity index is 871. The first-order valence-electron chi connectivity index (χ1n) is 10.8. The summed E-state index contributed by atoms with van der Waals surface area (Å²) in [5, 5.41) is 10.6. The number of amides is 3. The van der Waals surface area contributed by atoms with Gasteiger partial charge in [-0.25, -0.2) is 9.18 Å². The summed E-state index contributed by atoms with van der Waals surface area (Å²) in [4.78, 5) is 28.8. The van der Waals surface area contributed by atoms with E-state index in [1.54, 1.807) is 12.1 Å². The van der Waals surface area contributed by atoms with Gasteiger partial charge in [-0.1, -0.05) is 25.5 Å². The van der Waals surface area contributed by atoms with Crippen molar-refractivity contribution in [2.45, 2.75) is 58.3 Å². The van der Waals surface area contributed by atoms with Crippen LogP contribution >= 0.6 is 11.3 Å². The molecule has 1 aliphatic heterocycles. The zero-order chi connectivity index (χ0) is 22.2. The van der Waals surface area contributed by atoms with Crippen LogP contribution in [0.25, 0.3) is 0 Å². The maximum absolute atomic E-state index is 13.0. The SMILES string of the molecule is CCCC(NC(=O)NCc1ccc(F)cc1)C(=O)NCC(C)N1CCc2sccc2C1. The Kier molecular flexibility index (Phi) is 8.43. The molecule has 8 heteroatoms. The molecule has 1 aromatic carbocycles. The average molecular weight is 447 g/mol. The number of hydrogen-bond donors (Lipinski definition) is 3. The van der Waals surface area contributed by atoms with Crippen molar-refractivity contribution in [1.29, 1.82) is 0 Å². The lowest BCUT2D eigenvalue weighted by Gasteiger charge is -2.32. The van der Waals surface area contributed by atoms with Crippen molar-refractivity contribution in [3.05, 3.63) is 57.5 Å². The molecule has 0 saturated heterocycles. The molecule has 168 valence electrons. The third kappa shape index (κ3) is 6.77. The molecule has 0 bridgehead atoms. The first-order chi connectivity index (χ1) is 15.0. The van der Waals surface area contributed by atoms with Crippen LogP contribution in [0.3, 0.4) is 0 Å². The van der Waals surface area contributed by atoms with Crippen LogP contribution in [0.5, 0.6) is 0 Å². The fourth-order valence-corrected chi connectivity index (χ4v) is 4.59. The van der Waals surface area contributed by atoms with Gasteiger partial charge in [0.25, 0.3) is 0 Å². The monoisotopic (exact) mass is 446 g/mol. The van der Waals surface area contributed by atoms with Crippen molar-refractivity contribution in [1.82, 2.24) is 20.9 Å². The van der Waals surface area contributed by atoms with Crippen LogP contribution in [-0.2, 0) is 24.3 Å². The molecule has 6 nitrogen and oxygen atoms in total. The van der Waals surface area contributed by atoms with Gasteiger partial charge in [0.2, 0.25) is 5.91 Å². The normalized spacial score (nSPS) is 15.6. The number of carbonyl (C=O) groups excluding carboxylic acids is 2. The maximum atomic E-state index is 13.0. The second kappa shape index (κ2) is 11.2. The number of urea groups is 1. The second-order valence-corrected chi connectivity index (χ2v) is 8.98. The molecule has 0 radical (unpaired) electrons. The van der Waals surface area contributed by atoms with Crippen LogP contribution in [0.2, 0.25) is 0 Å². The Morgan fingerprint density at radius 1 is 1.19 bits per heavy atom. The Morgan fingerprint density at radius 3 is 2.71 bits per heavy atom. The fraction of sp³-hybridized carbons (Fsp3) is 0.478. The van der Waals surface area contributed by atoms with Crippen molar-refractivity contribution < 1.29 is 14.0 Å². The van der Waals surface area contributed by atoms with E-state index in [4.69, 9.17) is 0 Å². The number of thiophene rings is 1. The van der Waals surface area contributed by atoms with Crippen LogP contribution in [0, 0.1) is 5.82 Å². The number of fused-ring (bicyclic) bond motifs is 1. The van der Waals surface area contributed by atoms with E-state index in [1.165, 1.54) is 22.6 Å². The predicted molar refractivity (Wildman–Crippen MR) is 121 cm³/mol. The fourth-order valence-electron chi connectivity index (χ4n) is 3.70. The highest BCUT2D eigenvalue weighted by Crippen LogP contribution is 2.24. The summed E-state index contributed by atoms with van der Waals surface area (Å²) in [6.07, 6.45) is 2.39. The van der Waals surface area contributed by atoms with Gasteiger partial charge in [0.1, 0.15) is 11.9 Å². The highest BCUT2D eigenvalue weighted by molar-refractivity contribution is 7.10. The molecule has 0 spiro atoms. The average Bonchev–Trinajstić information content (AvgIpc) is 3.24. The van der Waals surface area contributed by atoms with E-state index in [1.807, 2.05) is 18.3 Å². The summed E-state index contributed by atoms with van der Waals surface area (Å²) in [6, 6.07) is 7.34. The summed E-state index contributed by atoms with van der Waals surface area (Å²) in [5.74, 6) is -0.485.